The number of aromatic nitrogens is 2. The molecule has 0 aliphatic carbocycles. The number of ether oxygens (including phenoxy) is 1. The zero-order valence-electron chi connectivity index (χ0n) is 17.0. The predicted molar refractivity (Wildman–Crippen MR) is 108 cm³/mol. The Balaban J connectivity index is 1.42. The molecule has 0 bridgehead atoms. The molecule has 1 aromatic carbocycles. The van der Waals surface area contributed by atoms with E-state index in [4.69, 9.17) is 4.74 Å². The molecule has 1 N–H and O–H groups in total. The molecule has 0 saturated carbocycles. The minimum Gasteiger partial charge on any atom is -0.497 e. The van der Waals surface area contributed by atoms with Gasteiger partial charge in [-0.1, -0.05) is 12.1 Å². The van der Waals surface area contributed by atoms with E-state index in [1.165, 1.54) is 0 Å². The van der Waals surface area contributed by atoms with E-state index in [0.717, 1.165) is 49.4 Å². The Kier molecular flexibility index (Phi) is 5.56. The maximum Gasteiger partial charge on any atom is 0.222 e. The van der Waals surface area contributed by atoms with E-state index >= 15 is 0 Å². The molecule has 2 fully saturated rings. The summed E-state index contributed by atoms with van der Waals surface area (Å²) >= 11 is 0. The highest BCUT2D eigenvalue weighted by Crippen LogP contribution is 2.45. The third kappa shape index (κ3) is 3.99. The molecule has 2 aliphatic rings. The van der Waals surface area contributed by atoms with E-state index in [2.05, 4.69) is 10.2 Å². The van der Waals surface area contributed by atoms with Gasteiger partial charge in [-0.3, -0.25) is 14.7 Å². The number of aryl methyl sites for hydroxylation is 1. The van der Waals surface area contributed by atoms with Crippen molar-refractivity contribution >= 4 is 11.8 Å². The van der Waals surface area contributed by atoms with Crippen molar-refractivity contribution < 1.29 is 14.3 Å². The summed E-state index contributed by atoms with van der Waals surface area (Å²) in [5.74, 6) is 1.73. The molecule has 0 unspecified atom stereocenters. The predicted octanol–water partition coefficient (Wildman–Crippen LogP) is 2.42. The number of hydrogen-bond acceptors (Lipinski definition) is 4. The maximum atomic E-state index is 12.8. The average molecular weight is 396 g/mol. The molecule has 0 spiro atoms. The number of nitrogens with zero attached hydrogens (tertiary/aromatic N) is 3. The van der Waals surface area contributed by atoms with E-state index in [1.54, 1.807) is 20.2 Å². The second-order valence-corrected chi connectivity index (χ2v) is 8.07. The highest BCUT2D eigenvalue weighted by Gasteiger charge is 2.49. The van der Waals surface area contributed by atoms with E-state index in [1.807, 2.05) is 40.3 Å². The number of rotatable bonds is 6. The lowest BCUT2D eigenvalue weighted by Gasteiger charge is -2.29. The summed E-state index contributed by atoms with van der Waals surface area (Å²) < 4.78 is 5.27. The van der Waals surface area contributed by atoms with E-state index in [-0.39, 0.29) is 23.8 Å². The number of aromatic amines is 1. The van der Waals surface area contributed by atoms with Crippen molar-refractivity contribution in [3.05, 3.63) is 47.8 Å². The number of carbonyl (C=O) groups is 2. The minimum absolute atomic E-state index is 0.0205. The van der Waals surface area contributed by atoms with Crippen molar-refractivity contribution in [1.29, 1.82) is 0 Å². The van der Waals surface area contributed by atoms with Gasteiger partial charge in [0.1, 0.15) is 5.75 Å². The SMILES string of the molecule is COc1ccc([C@H]2[C@@H]3CN(C(=O)CCCc4cn[nH]c4)C[C@@H]3CN2C(C)=O)cc1. The summed E-state index contributed by atoms with van der Waals surface area (Å²) in [6.45, 7) is 3.81. The topological polar surface area (TPSA) is 78.5 Å². The maximum absolute atomic E-state index is 12.8. The summed E-state index contributed by atoms with van der Waals surface area (Å²) in [6, 6.07) is 7.98. The number of amides is 2. The van der Waals surface area contributed by atoms with Crippen molar-refractivity contribution in [3.8, 4) is 5.75 Å². The monoisotopic (exact) mass is 396 g/mol. The quantitative estimate of drug-likeness (QED) is 0.813. The van der Waals surface area contributed by atoms with Crippen LogP contribution in [0, 0.1) is 11.8 Å². The first-order valence-electron chi connectivity index (χ1n) is 10.2. The van der Waals surface area contributed by atoms with Gasteiger partial charge in [0.15, 0.2) is 0 Å². The van der Waals surface area contributed by atoms with E-state index in [9.17, 15) is 9.59 Å². The molecule has 29 heavy (non-hydrogen) atoms. The Labute approximate surface area is 171 Å². The number of H-pyrrole nitrogens is 1. The molecule has 2 aliphatic heterocycles. The van der Waals surface area contributed by atoms with Gasteiger partial charge in [0, 0.05) is 51.0 Å². The zero-order valence-corrected chi connectivity index (χ0v) is 17.0. The standard InChI is InChI=1S/C22H28N4O3/c1-15(27)26-13-18-12-25(21(28)5-3-4-16-10-23-24-11-16)14-20(18)22(26)17-6-8-19(29-2)9-7-17/h6-11,18,20,22H,3-5,12-14H2,1-2H3,(H,23,24)/t18-,20-,22+/m1/s1. The van der Waals surface area contributed by atoms with Crippen molar-refractivity contribution in [2.75, 3.05) is 26.7 Å². The second kappa shape index (κ2) is 8.27. The van der Waals surface area contributed by atoms with E-state index < -0.39 is 0 Å². The van der Waals surface area contributed by atoms with Gasteiger partial charge in [0.25, 0.3) is 0 Å². The number of hydrogen-bond donors (Lipinski definition) is 1. The van der Waals surface area contributed by atoms with Crippen LogP contribution in [-0.4, -0.2) is 58.6 Å². The van der Waals surface area contributed by atoms with Crippen molar-refractivity contribution in [1.82, 2.24) is 20.0 Å². The number of fused-ring (bicyclic) bond motifs is 1. The molecular weight excluding hydrogens is 368 g/mol. The summed E-state index contributed by atoms with van der Waals surface area (Å²) in [4.78, 5) is 29.0. The molecule has 4 rings (SSSR count). The molecule has 154 valence electrons. The lowest BCUT2D eigenvalue weighted by atomic mass is 9.89. The molecule has 2 aromatic rings. The fraction of sp³-hybridized carbons (Fsp3) is 0.500. The highest BCUT2D eigenvalue weighted by molar-refractivity contribution is 5.77. The molecule has 1 aromatic heterocycles. The summed E-state index contributed by atoms with van der Waals surface area (Å²) in [5, 5.41) is 6.75. The molecule has 2 saturated heterocycles. The Morgan fingerprint density at radius 3 is 2.66 bits per heavy atom. The Bertz CT molecular complexity index is 849. The third-order valence-corrected chi connectivity index (χ3v) is 6.29. The van der Waals surface area contributed by atoms with Crippen molar-refractivity contribution in [2.45, 2.75) is 32.2 Å². The largest absolute Gasteiger partial charge is 0.497 e. The fourth-order valence-corrected chi connectivity index (χ4v) is 4.82. The Morgan fingerprint density at radius 2 is 2.00 bits per heavy atom. The number of methoxy groups -OCH3 is 1. The lowest BCUT2D eigenvalue weighted by Crippen LogP contribution is -2.36. The van der Waals surface area contributed by atoms with Crippen LogP contribution in [-0.2, 0) is 16.0 Å². The fourth-order valence-electron chi connectivity index (χ4n) is 4.82. The summed E-state index contributed by atoms with van der Waals surface area (Å²) in [5.41, 5.74) is 2.25. The number of likely N-dealkylation sites (tertiary alicyclic amines) is 2. The number of nitrogens with one attached hydrogen (secondary N) is 1. The first kappa shape index (κ1) is 19.5. The van der Waals surface area contributed by atoms with Crippen LogP contribution in [0.4, 0.5) is 0 Å². The highest BCUT2D eigenvalue weighted by atomic mass is 16.5. The van der Waals surface area contributed by atoms with Crippen LogP contribution in [0.15, 0.2) is 36.7 Å². The van der Waals surface area contributed by atoms with Gasteiger partial charge in [-0.15, -0.1) is 0 Å². The summed E-state index contributed by atoms with van der Waals surface area (Å²) in [6.07, 6.45) is 5.91. The van der Waals surface area contributed by atoms with Gasteiger partial charge in [-0.2, -0.15) is 5.10 Å². The molecule has 0 radical (unpaired) electrons. The molecular formula is C22H28N4O3. The van der Waals surface area contributed by atoms with Crippen LogP contribution >= 0.6 is 0 Å². The average Bonchev–Trinajstić information content (AvgIpc) is 3.44. The van der Waals surface area contributed by atoms with Crippen LogP contribution in [0.3, 0.4) is 0 Å². The van der Waals surface area contributed by atoms with Gasteiger partial charge in [-0.05, 0) is 36.1 Å². The van der Waals surface area contributed by atoms with Crippen molar-refractivity contribution in [3.63, 3.8) is 0 Å². The zero-order chi connectivity index (χ0) is 20.4. The van der Waals surface area contributed by atoms with Gasteiger partial charge in [0.2, 0.25) is 11.8 Å². The van der Waals surface area contributed by atoms with E-state index in [0.29, 0.717) is 12.3 Å². The first-order valence-corrected chi connectivity index (χ1v) is 10.2. The summed E-state index contributed by atoms with van der Waals surface area (Å²) in [7, 11) is 1.65. The first-order chi connectivity index (χ1) is 14.1. The molecule has 3 heterocycles. The third-order valence-electron chi connectivity index (χ3n) is 6.29. The van der Waals surface area contributed by atoms with Gasteiger partial charge in [-0.25, -0.2) is 0 Å². The van der Waals surface area contributed by atoms with Crippen molar-refractivity contribution in [2.24, 2.45) is 11.8 Å². The van der Waals surface area contributed by atoms with Gasteiger partial charge >= 0.3 is 0 Å². The number of benzene rings is 1. The normalized spacial score (nSPS) is 23.3. The van der Waals surface area contributed by atoms with Crippen LogP contribution in [0.25, 0.3) is 0 Å². The molecule has 2 amide bonds. The molecule has 7 nitrogen and oxygen atoms in total. The smallest absolute Gasteiger partial charge is 0.222 e. The lowest BCUT2D eigenvalue weighted by molar-refractivity contribution is -0.131. The van der Waals surface area contributed by atoms with Crippen LogP contribution in [0.5, 0.6) is 5.75 Å². The Hall–Kier alpha value is -2.83. The van der Waals surface area contributed by atoms with Gasteiger partial charge in [0.05, 0.1) is 19.3 Å². The minimum atomic E-state index is 0.0205. The van der Waals surface area contributed by atoms with Crippen LogP contribution in [0.1, 0.15) is 36.9 Å². The molecule has 3 atom stereocenters. The Morgan fingerprint density at radius 1 is 1.21 bits per heavy atom. The van der Waals surface area contributed by atoms with Crippen LogP contribution < -0.4 is 4.74 Å². The second-order valence-electron chi connectivity index (χ2n) is 8.07. The van der Waals surface area contributed by atoms with Gasteiger partial charge < -0.3 is 14.5 Å². The van der Waals surface area contributed by atoms with Crippen LogP contribution in [0.2, 0.25) is 0 Å². The number of carbonyl (C=O) groups excluding carboxylic acids is 2. The molecule has 7 heteroatoms.